The summed E-state index contributed by atoms with van der Waals surface area (Å²) in [5.41, 5.74) is 0.824. The molecule has 0 aromatic heterocycles. The number of hydrogen-bond acceptors (Lipinski definition) is 2. The van der Waals surface area contributed by atoms with Crippen molar-refractivity contribution in [1.29, 1.82) is 0 Å². The summed E-state index contributed by atoms with van der Waals surface area (Å²) in [5, 5.41) is 2.83. The molecular weight excluding hydrogens is 102 g/mol. The van der Waals surface area contributed by atoms with Gasteiger partial charge in [-0.3, -0.25) is 0 Å². The van der Waals surface area contributed by atoms with Gasteiger partial charge in [-0.2, -0.15) is 0 Å². The standard InChI is InChI=1S/C6H11NO/c1-5(2)7-6(3)4-8/h4,6-7H,1H2,2-3H3. The Morgan fingerprint density at radius 1 is 1.88 bits per heavy atom. The Morgan fingerprint density at radius 3 is 2.50 bits per heavy atom. The second-order valence-corrected chi connectivity index (χ2v) is 1.85. The van der Waals surface area contributed by atoms with Crippen LogP contribution >= 0.6 is 0 Å². The van der Waals surface area contributed by atoms with Crippen LogP contribution in [0, 0.1) is 0 Å². The summed E-state index contributed by atoms with van der Waals surface area (Å²) in [6.45, 7) is 7.17. The minimum Gasteiger partial charge on any atom is -0.380 e. The summed E-state index contributed by atoms with van der Waals surface area (Å²) in [5.74, 6) is 0. The van der Waals surface area contributed by atoms with E-state index >= 15 is 0 Å². The number of aldehydes is 1. The van der Waals surface area contributed by atoms with Gasteiger partial charge in [-0.1, -0.05) is 6.58 Å². The zero-order valence-corrected chi connectivity index (χ0v) is 5.27. The molecule has 1 N–H and O–H groups in total. The summed E-state index contributed by atoms with van der Waals surface area (Å²) in [7, 11) is 0. The fourth-order valence-electron chi connectivity index (χ4n) is 0.423. The molecule has 1 atom stereocenters. The van der Waals surface area contributed by atoms with Gasteiger partial charge in [0, 0.05) is 5.70 Å². The molecule has 8 heavy (non-hydrogen) atoms. The van der Waals surface area contributed by atoms with E-state index in [2.05, 4.69) is 11.9 Å². The summed E-state index contributed by atoms with van der Waals surface area (Å²) >= 11 is 0. The Bertz CT molecular complexity index is 98.7. The molecule has 0 aromatic carbocycles. The van der Waals surface area contributed by atoms with E-state index in [-0.39, 0.29) is 6.04 Å². The molecule has 0 aromatic rings. The third kappa shape index (κ3) is 3.40. The van der Waals surface area contributed by atoms with E-state index in [0.717, 1.165) is 12.0 Å². The highest BCUT2D eigenvalue weighted by atomic mass is 16.1. The minimum absolute atomic E-state index is 0.104. The van der Waals surface area contributed by atoms with Crippen LogP contribution in [0.3, 0.4) is 0 Å². The van der Waals surface area contributed by atoms with Crippen molar-refractivity contribution in [2.75, 3.05) is 0 Å². The molecule has 0 heterocycles. The monoisotopic (exact) mass is 113 g/mol. The third-order valence-electron chi connectivity index (χ3n) is 0.678. The van der Waals surface area contributed by atoms with Crippen LogP contribution in [-0.2, 0) is 4.79 Å². The van der Waals surface area contributed by atoms with Gasteiger partial charge in [-0.15, -0.1) is 0 Å². The van der Waals surface area contributed by atoms with Crippen LogP contribution in [0.5, 0.6) is 0 Å². The molecule has 1 unspecified atom stereocenters. The maximum absolute atomic E-state index is 9.94. The lowest BCUT2D eigenvalue weighted by atomic mass is 10.3. The largest absolute Gasteiger partial charge is 0.380 e. The maximum atomic E-state index is 9.94. The van der Waals surface area contributed by atoms with Crippen LogP contribution in [0.25, 0.3) is 0 Å². The first-order valence-corrected chi connectivity index (χ1v) is 2.54. The van der Waals surface area contributed by atoms with Crippen LogP contribution in [-0.4, -0.2) is 12.3 Å². The van der Waals surface area contributed by atoms with Crippen molar-refractivity contribution in [2.45, 2.75) is 19.9 Å². The van der Waals surface area contributed by atoms with Crippen LogP contribution < -0.4 is 5.32 Å². The topological polar surface area (TPSA) is 29.1 Å². The first-order valence-electron chi connectivity index (χ1n) is 2.54. The van der Waals surface area contributed by atoms with Crippen molar-refractivity contribution in [3.05, 3.63) is 12.3 Å². The molecule has 0 aliphatic carbocycles. The highest BCUT2D eigenvalue weighted by Crippen LogP contribution is 1.81. The molecule has 0 aliphatic rings. The minimum atomic E-state index is -0.104. The average molecular weight is 113 g/mol. The van der Waals surface area contributed by atoms with Crippen molar-refractivity contribution in [1.82, 2.24) is 5.32 Å². The SMILES string of the molecule is C=C(C)NC(C)C=O. The number of rotatable bonds is 3. The van der Waals surface area contributed by atoms with Gasteiger partial charge >= 0.3 is 0 Å². The first kappa shape index (κ1) is 7.21. The Morgan fingerprint density at radius 2 is 2.38 bits per heavy atom. The predicted molar refractivity (Wildman–Crippen MR) is 33.5 cm³/mol. The summed E-state index contributed by atoms with van der Waals surface area (Å²) in [4.78, 5) is 9.94. The van der Waals surface area contributed by atoms with Gasteiger partial charge in [0.2, 0.25) is 0 Å². The summed E-state index contributed by atoms with van der Waals surface area (Å²) in [6.07, 6.45) is 0.842. The van der Waals surface area contributed by atoms with Crippen molar-refractivity contribution >= 4 is 6.29 Å². The van der Waals surface area contributed by atoms with Crippen LogP contribution in [0.2, 0.25) is 0 Å². The van der Waals surface area contributed by atoms with Crippen LogP contribution in [0.4, 0.5) is 0 Å². The van der Waals surface area contributed by atoms with E-state index in [1.807, 2.05) is 6.92 Å². The normalized spacial score (nSPS) is 12.2. The molecule has 2 nitrogen and oxygen atoms in total. The molecule has 0 aliphatic heterocycles. The fourth-order valence-corrected chi connectivity index (χ4v) is 0.423. The highest BCUT2D eigenvalue weighted by molar-refractivity contribution is 5.57. The molecular formula is C6H11NO. The van der Waals surface area contributed by atoms with Crippen molar-refractivity contribution in [2.24, 2.45) is 0 Å². The van der Waals surface area contributed by atoms with Crippen LogP contribution in [0.1, 0.15) is 13.8 Å². The molecule has 0 rings (SSSR count). The Kier molecular flexibility index (Phi) is 2.92. The average Bonchev–Trinajstić information content (AvgIpc) is 1.65. The molecule has 0 radical (unpaired) electrons. The second-order valence-electron chi connectivity index (χ2n) is 1.85. The number of allylic oxidation sites excluding steroid dienone is 1. The molecule has 0 amide bonds. The molecule has 46 valence electrons. The van der Waals surface area contributed by atoms with E-state index in [4.69, 9.17) is 0 Å². The van der Waals surface area contributed by atoms with Crippen molar-refractivity contribution in [3.8, 4) is 0 Å². The molecule has 0 saturated carbocycles. The van der Waals surface area contributed by atoms with Gasteiger partial charge in [-0.25, -0.2) is 0 Å². The van der Waals surface area contributed by atoms with E-state index in [0.29, 0.717) is 0 Å². The lowest BCUT2D eigenvalue weighted by molar-refractivity contribution is -0.109. The zero-order valence-electron chi connectivity index (χ0n) is 5.27. The van der Waals surface area contributed by atoms with Gasteiger partial charge in [0.25, 0.3) is 0 Å². The predicted octanol–water partition coefficient (Wildman–Crippen LogP) is 0.697. The molecule has 0 spiro atoms. The number of carbonyl (C=O) groups is 1. The van der Waals surface area contributed by atoms with Crippen molar-refractivity contribution in [3.63, 3.8) is 0 Å². The van der Waals surface area contributed by atoms with E-state index in [1.165, 1.54) is 0 Å². The smallest absolute Gasteiger partial charge is 0.141 e. The zero-order chi connectivity index (χ0) is 6.57. The van der Waals surface area contributed by atoms with Gasteiger partial charge in [0.1, 0.15) is 6.29 Å². The molecule has 0 saturated heterocycles. The van der Waals surface area contributed by atoms with Gasteiger partial charge in [-0.05, 0) is 13.8 Å². The van der Waals surface area contributed by atoms with E-state index in [1.54, 1.807) is 6.92 Å². The second kappa shape index (κ2) is 3.24. The number of carbonyl (C=O) groups excluding carboxylic acids is 1. The van der Waals surface area contributed by atoms with E-state index < -0.39 is 0 Å². The Hall–Kier alpha value is -0.790. The Balaban J connectivity index is 3.38. The lowest BCUT2D eigenvalue weighted by Gasteiger charge is -2.05. The summed E-state index contributed by atoms with van der Waals surface area (Å²) < 4.78 is 0. The first-order chi connectivity index (χ1) is 3.66. The number of nitrogens with one attached hydrogen (secondary N) is 1. The van der Waals surface area contributed by atoms with Gasteiger partial charge in [0.15, 0.2) is 0 Å². The Labute approximate surface area is 49.6 Å². The van der Waals surface area contributed by atoms with Crippen LogP contribution in [0.15, 0.2) is 12.3 Å². The highest BCUT2D eigenvalue weighted by Gasteiger charge is 1.93. The maximum Gasteiger partial charge on any atom is 0.141 e. The molecule has 0 bridgehead atoms. The van der Waals surface area contributed by atoms with Crippen molar-refractivity contribution < 1.29 is 4.79 Å². The number of hydrogen-bond donors (Lipinski definition) is 1. The van der Waals surface area contributed by atoms with Gasteiger partial charge < -0.3 is 10.1 Å². The lowest BCUT2D eigenvalue weighted by Crippen LogP contribution is -2.24. The molecule has 0 fully saturated rings. The van der Waals surface area contributed by atoms with E-state index in [9.17, 15) is 4.79 Å². The van der Waals surface area contributed by atoms with Gasteiger partial charge in [0.05, 0.1) is 6.04 Å². The quantitative estimate of drug-likeness (QED) is 0.546. The third-order valence-corrected chi connectivity index (χ3v) is 0.678. The summed E-state index contributed by atoms with van der Waals surface area (Å²) in [6, 6.07) is -0.104. The fraction of sp³-hybridized carbons (Fsp3) is 0.500. The molecule has 2 heteroatoms.